The Morgan fingerprint density at radius 3 is 1.76 bits per heavy atom. The molecular weight excluding hydrogens is 220 g/mol. The second-order valence-corrected chi connectivity index (χ2v) is 4.45. The van der Waals surface area contributed by atoms with Crippen LogP contribution in [0.5, 0.6) is 0 Å². The lowest BCUT2D eigenvalue weighted by Crippen LogP contribution is -2.35. The van der Waals surface area contributed by atoms with Crippen LogP contribution in [0.1, 0.15) is 34.1 Å². The number of carbonyl (C=O) groups is 2. The van der Waals surface area contributed by atoms with Gasteiger partial charge in [0.15, 0.2) is 0 Å². The molecule has 0 aromatic rings. The fourth-order valence-electron chi connectivity index (χ4n) is 2.65. The van der Waals surface area contributed by atoms with Gasteiger partial charge in [-0.3, -0.25) is 9.59 Å². The molecule has 0 amide bonds. The van der Waals surface area contributed by atoms with Crippen LogP contribution in [0.25, 0.3) is 0 Å². The molecule has 1 aliphatic rings. The molecule has 2 atom stereocenters. The fourth-order valence-corrected chi connectivity index (χ4v) is 2.65. The Hall–Kier alpha value is -1.58. The van der Waals surface area contributed by atoms with Crippen LogP contribution >= 0.6 is 0 Å². The van der Waals surface area contributed by atoms with E-state index in [9.17, 15) is 19.8 Å². The first-order valence-corrected chi connectivity index (χ1v) is 5.65. The summed E-state index contributed by atoms with van der Waals surface area (Å²) < 4.78 is 0. The molecule has 0 unspecified atom stereocenters. The monoisotopic (exact) mass is 238 g/mol. The van der Waals surface area contributed by atoms with Crippen molar-refractivity contribution in [1.82, 2.24) is 0 Å². The molecule has 17 heavy (non-hydrogen) atoms. The first-order valence-electron chi connectivity index (χ1n) is 5.65. The molecule has 0 heterocycles. The summed E-state index contributed by atoms with van der Waals surface area (Å²) in [6.07, 6.45) is 0.727. The van der Waals surface area contributed by atoms with Crippen molar-refractivity contribution in [2.24, 2.45) is 11.8 Å². The summed E-state index contributed by atoms with van der Waals surface area (Å²) in [7, 11) is 0. The molecule has 4 heteroatoms. The summed E-state index contributed by atoms with van der Waals surface area (Å²) in [5.74, 6) is -4.01. The third kappa shape index (κ3) is 2.12. The van der Waals surface area contributed by atoms with E-state index < -0.39 is 23.8 Å². The van der Waals surface area contributed by atoms with Gasteiger partial charge in [-0.2, -0.15) is 0 Å². The Morgan fingerprint density at radius 2 is 1.41 bits per heavy atom. The van der Waals surface area contributed by atoms with Crippen LogP contribution in [0.4, 0.5) is 0 Å². The first kappa shape index (κ1) is 13.5. The van der Waals surface area contributed by atoms with E-state index in [2.05, 4.69) is 0 Å². The average molecular weight is 238 g/mol. The highest BCUT2D eigenvalue weighted by molar-refractivity contribution is 5.86. The minimum absolute atomic E-state index is 0.660. The summed E-state index contributed by atoms with van der Waals surface area (Å²) in [6.45, 7) is 7.26. The standard InChI is InChI=1S/C13H18O4/c1-5-9-6(2)7(3)10(12(14)15)11(8(9)4)13(16)17/h10-11H,5H2,1-4H3,(H,14,15)(H,16,17)/t10-,11+/m1/s1. The molecule has 0 radical (unpaired) electrons. The molecule has 4 nitrogen and oxygen atoms in total. The van der Waals surface area contributed by atoms with Gasteiger partial charge in [-0.15, -0.1) is 0 Å². The van der Waals surface area contributed by atoms with E-state index in [1.807, 2.05) is 13.8 Å². The Bertz CT molecular complexity index is 429. The molecule has 0 fully saturated rings. The van der Waals surface area contributed by atoms with Crippen molar-refractivity contribution in [3.8, 4) is 0 Å². The number of allylic oxidation sites excluding steroid dienone is 2. The van der Waals surface area contributed by atoms with E-state index >= 15 is 0 Å². The van der Waals surface area contributed by atoms with Gasteiger partial charge in [0.05, 0.1) is 11.8 Å². The van der Waals surface area contributed by atoms with Crippen molar-refractivity contribution in [1.29, 1.82) is 0 Å². The van der Waals surface area contributed by atoms with E-state index in [0.717, 1.165) is 17.6 Å². The summed E-state index contributed by atoms with van der Waals surface area (Å²) in [5.41, 5.74) is 3.24. The van der Waals surface area contributed by atoms with Crippen LogP contribution in [0.15, 0.2) is 22.3 Å². The molecule has 0 bridgehead atoms. The predicted octanol–water partition coefficient (Wildman–Crippen LogP) is 2.46. The average Bonchev–Trinajstić information content (AvgIpc) is 2.22. The summed E-state index contributed by atoms with van der Waals surface area (Å²) in [4.78, 5) is 22.5. The molecule has 1 aliphatic carbocycles. The number of carboxylic acid groups (broad SMARTS) is 2. The zero-order valence-corrected chi connectivity index (χ0v) is 10.6. The maximum absolute atomic E-state index is 11.3. The number of rotatable bonds is 3. The van der Waals surface area contributed by atoms with Crippen LogP contribution in [0.2, 0.25) is 0 Å². The van der Waals surface area contributed by atoms with Gasteiger partial charge in [0, 0.05) is 0 Å². The van der Waals surface area contributed by atoms with E-state index in [0.29, 0.717) is 11.1 Å². The fraction of sp³-hybridized carbons (Fsp3) is 0.538. The van der Waals surface area contributed by atoms with Gasteiger partial charge in [0.2, 0.25) is 0 Å². The lowest BCUT2D eigenvalue weighted by Gasteiger charge is -2.31. The van der Waals surface area contributed by atoms with Gasteiger partial charge < -0.3 is 10.2 Å². The van der Waals surface area contributed by atoms with Crippen molar-refractivity contribution in [3.05, 3.63) is 22.3 Å². The van der Waals surface area contributed by atoms with Crippen LogP contribution in [-0.2, 0) is 9.59 Å². The third-order valence-electron chi connectivity index (χ3n) is 3.67. The van der Waals surface area contributed by atoms with Gasteiger partial charge in [-0.05, 0) is 38.3 Å². The minimum atomic E-state index is -1.07. The molecule has 0 aromatic carbocycles. The normalized spacial score (nSPS) is 25.2. The predicted molar refractivity (Wildman–Crippen MR) is 63.6 cm³/mol. The smallest absolute Gasteiger partial charge is 0.311 e. The number of aliphatic carboxylic acids is 2. The third-order valence-corrected chi connectivity index (χ3v) is 3.67. The first-order chi connectivity index (χ1) is 7.82. The van der Waals surface area contributed by atoms with Gasteiger partial charge in [0.1, 0.15) is 0 Å². The molecule has 1 rings (SSSR count). The van der Waals surface area contributed by atoms with Crippen molar-refractivity contribution in [2.45, 2.75) is 34.1 Å². The Balaban J connectivity index is 3.43. The molecule has 0 saturated carbocycles. The van der Waals surface area contributed by atoms with Crippen molar-refractivity contribution >= 4 is 11.9 Å². The lowest BCUT2D eigenvalue weighted by molar-refractivity contribution is -0.150. The Morgan fingerprint density at radius 1 is 1.00 bits per heavy atom. The lowest BCUT2D eigenvalue weighted by atomic mass is 9.72. The van der Waals surface area contributed by atoms with Crippen molar-refractivity contribution in [2.75, 3.05) is 0 Å². The van der Waals surface area contributed by atoms with Gasteiger partial charge >= 0.3 is 11.9 Å². The topological polar surface area (TPSA) is 74.6 Å². The zero-order chi connectivity index (χ0) is 13.3. The minimum Gasteiger partial charge on any atom is -0.481 e. The van der Waals surface area contributed by atoms with Crippen LogP contribution < -0.4 is 0 Å². The number of hydrogen-bond acceptors (Lipinski definition) is 2. The van der Waals surface area contributed by atoms with Gasteiger partial charge in [-0.25, -0.2) is 0 Å². The van der Waals surface area contributed by atoms with Crippen LogP contribution in [0.3, 0.4) is 0 Å². The second kappa shape index (κ2) is 4.73. The molecule has 0 saturated heterocycles. The second-order valence-electron chi connectivity index (χ2n) is 4.45. The van der Waals surface area contributed by atoms with Crippen molar-refractivity contribution in [3.63, 3.8) is 0 Å². The molecule has 94 valence electrons. The molecular formula is C13H18O4. The largest absolute Gasteiger partial charge is 0.481 e. The zero-order valence-electron chi connectivity index (χ0n) is 10.6. The molecule has 0 spiro atoms. The van der Waals surface area contributed by atoms with E-state index in [4.69, 9.17) is 0 Å². The summed E-state index contributed by atoms with van der Waals surface area (Å²) in [6, 6.07) is 0. The van der Waals surface area contributed by atoms with Gasteiger partial charge in [0.25, 0.3) is 0 Å². The summed E-state index contributed by atoms with van der Waals surface area (Å²) in [5, 5.41) is 18.4. The van der Waals surface area contributed by atoms with Crippen LogP contribution in [-0.4, -0.2) is 22.2 Å². The van der Waals surface area contributed by atoms with E-state index in [1.54, 1.807) is 13.8 Å². The Kier molecular flexibility index (Phi) is 3.76. The van der Waals surface area contributed by atoms with E-state index in [1.165, 1.54) is 0 Å². The summed E-state index contributed by atoms with van der Waals surface area (Å²) >= 11 is 0. The van der Waals surface area contributed by atoms with Gasteiger partial charge in [-0.1, -0.05) is 18.1 Å². The molecule has 0 aromatic heterocycles. The number of carboxylic acids is 2. The Labute approximate surface area is 101 Å². The van der Waals surface area contributed by atoms with Crippen molar-refractivity contribution < 1.29 is 19.8 Å². The highest BCUT2D eigenvalue weighted by Crippen LogP contribution is 2.40. The SMILES string of the molecule is CCC1=C(C)[C@H](C(=O)O)[C@H](C(=O)O)C(C)=C1C. The highest BCUT2D eigenvalue weighted by atomic mass is 16.4. The quantitative estimate of drug-likeness (QED) is 0.792. The molecule has 2 N–H and O–H groups in total. The van der Waals surface area contributed by atoms with E-state index in [-0.39, 0.29) is 0 Å². The maximum atomic E-state index is 11.3. The highest BCUT2D eigenvalue weighted by Gasteiger charge is 2.40. The molecule has 0 aliphatic heterocycles. The number of hydrogen-bond donors (Lipinski definition) is 2. The maximum Gasteiger partial charge on any atom is 0.311 e. The van der Waals surface area contributed by atoms with Crippen LogP contribution in [0, 0.1) is 11.8 Å².